The number of carbonyl (C=O) groups excluding carboxylic acids is 1. The highest BCUT2D eigenvalue weighted by atomic mass is 35.5. The smallest absolute Gasteiger partial charge is 0.230 e. The second kappa shape index (κ2) is 8.15. The van der Waals surface area contributed by atoms with Gasteiger partial charge < -0.3 is 9.88 Å². The third-order valence-electron chi connectivity index (χ3n) is 5.54. The molecule has 5 nitrogen and oxygen atoms in total. The van der Waals surface area contributed by atoms with Crippen molar-refractivity contribution in [3.63, 3.8) is 0 Å². The molecular formula is C22H23ClN4O. The van der Waals surface area contributed by atoms with Gasteiger partial charge in [-0.1, -0.05) is 42.6 Å². The van der Waals surface area contributed by atoms with Crippen molar-refractivity contribution in [1.29, 1.82) is 0 Å². The molecule has 1 fully saturated rings. The predicted molar refractivity (Wildman–Crippen MR) is 110 cm³/mol. The predicted octanol–water partition coefficient (Wildman–Crippen LogP) is 4.23. The molecule has 1 amide bonds. The number of halogens is 1. The molecule has 3 aromatic rings. The maximum atomic E-state index is 13.2. The Bertz CT molecular complexity index is 931. The van der Waals surface area contributed by atoms with Crippen LogP contribution < -0.4 is 5.32 Å². The maximum Gasteiger partial charge on any atom is 0.230 e. The quantitative estimate of drug-likeness (QED) is 0.680. The van der Waals surface area contributed by atoms with Crippen LogP contribution in [0.3, 0.4) is 0 Å². The topological polar surface area (TPSA) is 59.8 Å². The van der Waals surface area contributed by atoms with Gasteiger partial charge in [-0.2, -0.15) is 0 Å². The van der Waals surface area contributed by atoms with E-state index in [4.69, 9.17) is 11.6 Å². The first-order valence-corrected chi connectivity index (χ1v) is 10.0. The van der Waals surface area contributed by atoms with Crippen LogP contribution in [0.25, 0.3) is 11.5 Å². The fraction of sp³-hybridized carbons (Fsp3) is 0.318. The van der Waals surface area contributed by atoms with Gasteiger partial charge in [0.15, 0.2) is 5.82 Å². The first-order chi connectivity index (χ1) is 13.7. The van der Waals surface area contributed by atoms with Gasteiger partial charge in [-0.25, -0.2) is 4.98 Å². The summed E-state index contributed by atoms with van der Waals surface area (Å²) in [6.07, 6.45) is 9.34. The van der Waals surface area contributed by atoms with Gasteiger partial charge in [-0.15, -0.1) is 0 Å². The lowest BCUT2D eigenvalue weighted by molar-refractivity contribution is -0.126. The number of aromatic nitrogens is 3. The molecule has 1 N–H and O–H groups in total. The second-order valence-corrected chi connectivity index (χ2v) is 7.65. The molecule has 2 heterocycles. The molecule has 1 aliphatic carbocycles. The van der Waals surface area contributed by atoms with E-state index in [1.54, 1.807) is 12.4 Å². The van der Waals surface area contributed by atoms with Gasteiger partial charge >= 0.3 is 0 Å². The van der Waals surface area contributed by atoms with E-state index in [0.29, 0.717) is 18.1 Å². The Kier molecular flexibility index (Phi) is 5.44. The van der Waals surface area contributed by atoms with Crippen LogP contribution in [-0.2, 0) is 16.8 Å². The molecule has 144 valence electrons. The van der Waals surface area contributed by atoms with Gasteiger partial charge in [-0.3, -0.25) is 9.78 Å². The van der Waals surface area contributed by atoms with E-state index in [1.165, 1.54) is 0 Å². The third kappa shape index (κ3) is 3.67. The maximum absolute atomic E-state index is 13.2. The molecule has 4 rings (SSSR count). The van der Waals surface area contributed by atoms with Gasteiger partial charge in [0.1, 0.15) is 5.69 Å². The van der Waals surface area contributed by atoms with Crippen molar-refractivity contribution in [2.24, 2.45) is 0 Å². The van der Waals surface area contributed by atoms with Crippen molar-refractivity contribution >= 4 is 17.5 Å². The number of imidazole rings is 1. The van der Waals surface area contributed by atoms with Crippen LogP contribution in [0.2, 0.25) is 5.02 Å². The summed E-state index contributed by atoms with van der Waals surface area (Å²) >= 11 is 6.04. The summed E-state index contributed by atoms with van der Waals surface area (Å²) in [6, 6.07) is 13.5. The molecule has 2 aromatic heterocycles. The lowest BCUT2D eigenvalue weighted by Gasteiger charge is -2.28. The van der Waals surface area contributed by atoms with Gasteiger partial charge in [-0.05, 0) is 42.7 Å². The first-order valence-electron chi connectivity index (χ1n) is 9.66. The van der Waals surface area contributed by atoms with Crippen LogP contribution in [0.15, 0.2) is 61.1 Å². The lowest BCUT2D eigenvalue weighted by Crippen LogP contribution is -2.43. The molecule has 0 radical (unpaired) electrons. The average Bonchev–Trinajstić information content (AvgIpc) is 3.40. The van der Waals surface area contributed by atoms with Gasteiger partial charge in [0.25, 0.3) is 0 Å². The fourth-order valence-electron chi connectivity index (χ4n) is 4.07. The number of carbonyl (C=O) groups is 1. The van der Waals surface area contributed by atoms with Gasteiger partial charge in [0.05, 0.1) is 5.41 Å². The number of hydrogen-bond acceptors (Lipinski definition) is 3. The Morgan fingerprint density at radius 3 is 2.57 bits per heavy atom. The van der Waals surface area contributed by atoms with Gasteiger partial charge in [0.2, 0.25) is 5.91 Å². The molecule has 1 saturated carbocycles. The van der Waals surface area contributed by atoms with Crippen molar-refractivity contribution in [3.05, 3.63) is 71.6 Å². The number of benzene rings is 1. The van der Waals surface area contributed by atoms with Crippen molar-refractivity contribution in [3.8, 4) is 11.5 Å². The lowest BCUT2D eigenvalue weighted by atomic mass is 9.78. The van der Waals surface area contributed by atoms with E-state index in [2.05, 4.69) is 15.3 Å². The first kappa shape index (κ1) is 18.7. The number of pyridine rings is 1. The van der Waals surface area contributed by atoms with Crippen LogP contribution in [-0.4, -0.2) is 27.0 Å². The number of hydrogen-bond donors (Lipinski definition) is 1. The van der Waals surface area contributed by atoms with Crippen LogP contribution >= 0.6 is 11.6 Å². The van der Waals surface area contributed by atoms with Crippen LogP contribution in [0.5, 0.6) is 0 Å². The highest BCUT2D eigenvalue weighted by Crippen LogP contribution is 2.41. The third-order valence-corrected chi connectivity index (χ3v) is 5.79. The van der Waals surface area contributed by atoms with Crippen molar-refractivity contribution < 1.29 is 4.79 Å². The molecule has 1 aliphatic rings. The molecule has 28 heavy (non-hydrogen) atoms. The minimum atomic E-state index is -0.441. The monoisotopic (exact) mass is 394 g/mol. The number of rotatable bonds is 6. The van der Waals surface area contributed by atoms with Crippen molar-refractivity contribution in [2.75, 3.05) is 6.54 Å². The molecule has 0 aliphatic heterocycles. The van der Waals surface area contributed by atoms with Gasteiger partial charge in [0, 0.05) is 36.7 Å². The van der Waals surface area contributed by atoms with Crippen LogP contribution in [0, 0.1) is 0 Å². The number of nitrogens with zero attached hydrogens (tertiary/aromatic N) is 3. The summed E-state index contributed by atoms with van der Waals surface area (Å²) in [4.78, 5) is 21.9. The Morgan fingerprint density at radius 1 is 1.07 bits per heavy atom. The summed E-state index contributed by atoms with van der Waals surface area (Å²) < 4.78 is 2.02. The van der Waals surface area contributed by atoms with Crippen LogP contribution in [0.4, 0.5) is 0 Å². The van der Waals surface area contributed by atoms with E-state index in [-0.39, 0.29) is 5.91 Å². The van der Waals surface area contributed by atoms with E-state index >= 15 is 0 Å². The second-order valence-electron chi connectivity index (χ2n) is 7.21. The fourth-order valence-corrected chi connectivity index (χ4v) is 4.20. The molecule has 1 aromatic carbocycles. The molecule has 6 heteroatoms. The van der Waals surface area contributed by atoms with E-state index < -0.39 is 5.41 Å². The molecule has 0 spiro atoms. The number of amides is 1. The summed E-state index contributed by atoms with van der Waals surface area (Å²) in [5.41, 5.74) is 1.44. The van der Waals surface area contributed by atoms with Crippen molar-refractivity contribution in [1.82, 2.24) is 19.9 Å². The largest absolute Gasteiger partial charge is 0.354 e. The minimum absolute atomic E-state index is 0.104. The number of nitrogens with one attached hydrogen (secondary N) is 1. The highest BCUT2D eigenvalue weighted by Gasteiger charge is 2.42. The zero-order valence-corrected chi connectivity index (χ0v) is 16.4. The highest BCUT2D eigenvalue weighted by molar-refractivity contribution is 6.30. The molecule has 0 unspecified atom stereocenters. The van der Waals surface area contributed by atoms with Crippen molar-refractivity contribution in [2.45, 2.75) is 37.6 Å². The zero-order valence-electron chi connectivity index (χ0n) is 15.6. The van der Waals surface area contributed by atoms with Crippen LogP contribution in [0.1, 0.15) is 31.2 Å². The molecular weight excluding hydrogens is 372 g/mol. The summed E-state index contributed by atoms with van der Waals surface area (Å²) in [7, 11) is 0. The molecule has 0 atom stereocenters. The molecule has 0 bridgehead atoms. The van der Waals surface area contributed by atoms with E-state index in [1.807, 2.05) is 53.2 Å². The van der Waals surface area contributed by atoms with E-state index in [9.17, 15) is 4.79 Å². The van der Waals surface area contributed by atoms with E-state index in [0.717, 1.165) is 42.8 Å². The Morgan fingerprint density at radius 2 is 1.86 bits per heavy atom. The summed E-state index contributed by atoms with van der Waals surface area (Å²) in [5, 5.41) is 3.85. The zero-order chi connectivity index (χ0) is 19.4. The average molecular weight is 395 g/mol. The Hall–Kier alpha value is -2.66. The normalized spacial score (nSPS) is 15.5. The summed E-state index contributed by atoms with van der Waals surface area (Å²) in [5.74, 6) is 0.912. The standard InChI is InChI=1S/C22H23ClN4O/c23-18-8-6-17(7-9-18)22(10-2-3-11-22)21(28)26-14-16-27-15-13-25-20(27)19-5-1-4-12-24-19/h1,4-9,12-13,15H,2-3,10-11,14,16H2,(H,26,28). The SMILES string of the molecule is O=C(NCCn1ccnc1-c1ccccn1)C1(c2ccc(Cl)cc2)CCCC1. The Labute approximate surface area is 169 Å². The molecule has 0 saturated heterocycles. The summed E-state index contributed by atoms with van der Waals surface area (Å²) in [6.45, 7) is 1.19. The Balaban J connectivity index is 1.44. The minimum Gasteiger partial charge on any atom is -0.354 e.